The third-order valence-corrected chi connectivity index (χ3v) is 6.19. The maximum absolute atomic E-state index is 11.4. The lowest BCUT2D eigenvalue weighted by Gasteiger charge is -2.33. The van der Waals surface area contributed by atoms with E-state index in [4.69, 9.17) is 14.2 Å². The predicted molar refractivity (Wildman–Crippen MR) is 155 cm³/mol. The zero-order chi connectivity index (χ0) is 27.1. The van der Waals surface area contributed by atoms with Gasteiger partial charge in [0.05, 0.1) is 19.8 Å². The smallest absolute Gasteiger partial charge is 0.143 e. The van der Waals surface area contributed by atoms with Gasteiger partial charge in [0, 0.05) is 5.56 Å². The lowest BCUT2D eigenvalue weighted by Crippen LogP contribution is -2.47. The second-order valence-corrected chi connectivity index (χ2v) is 9.10. The second kappa shape index (κ2) is 15.4. The molecule has 0 bridgehead atoms. The maximum Gasteiger partial charge on any atom is 0.143 e. The number of hydrogen-bond acceptors (Lipinski definition) is 4. The summed E-state index contributed by atoms with van der Waals surface area (Å²) in [7, 11) is 0. The van der Waals surface area contributed by atoms with E-state index in [1.807, 2.05) is 121 Å². The Balaban J connectivity index is 1.61. The molecule has 198 valence electrons. The van der Waals surface area contributed by atoms with Crippen LogP contribution in [0.25, 0.3) is 0 Å². The monoisotopic (exact) mass is 518 g/mol. The average molecular weight is 519 g/mol. The van der Waals surface area contributed by atoms with Crippen molar-refractivity contribution in [3.8, 4) is 11.8 Å². The number of aliphatic hydroxyl groups is 1. The first-order chi connectivity index (χ1) is 19.2. The molecule has 4 aromatic rings. The first-order valence-corrected chi connectivity index (χ1v) is 13.1. The summed E-state index contributed by atoms with van der Waals surface area (Å²) in [6.07, 6.45) is -1.51. The highest BCUT2D eigenvalue weighted by molar-refractivity contribution is 5.35. The zero-order valence-corrected chi connectivity index (χ0v) is 21.9. The number of benzene rings is 4. The van der Waals surface area contributed by atoms with Gasteiger partial charge in [-0.1, -0.05) is 127 Å². The Labute approximate surface area is 231 Å². The first-order valence-electron chi connectivity index (χ1n) is 13.1. The van der Waals surface area contributed by atoms with Gasteiger partial charge in [-0.25, -0.2) is 0 Å². The van der Waals surface area contributed by atoms with Crippen LogP contribution in [0.1, 0.15) is 22.3 Å². The summed E-state index contributed by atoms with van der Waals surface area (Å²) in [4.78, 5) is 0. The third-order valence-electron chi connectivity index (χ3n) is 6.19. The fourth-order valence-electron chi connectivity index (χ4n) is 4.10. The minimum atomic E-state index is -1.14. The molecule has 0 aliphatic rings. The molecule has 39 heavy (non-hydrogen) atoms. The van der Waals surface area contributed by atoms with Crippen LogP contribution in [0.3, 0.4) is 0 Å². The molecule has 4 aromatic carbocycles. The van der Waals surface area contributed by atoms with E-state index >= 15 is 0 Å². The Bertz CT molecular complexity index is 1300. The normalized spacial score (nSPS) is 13.9. The van der Waals surface area contributed by atoms with Gasteiger partial charge < -0.3 is 19.3 Å². The van der Waals surface area contributed by atoms with E-state index < -0.39 is 24.4 Å². The van der Waals surface area contributed by atoms with E-state index in [1.54, 1.807) is 6.08 Å². The topological polar surface area (TPSA) is 47.9 Å². The van der Waals surface area contributed by atoms with Gasteiger partial charge in [-0.05, 0) is 28.8 Å². The zero-order valence-electron chi connectivity index (χ0n) is 21.9. The summed E-state index contributed by atoms with van der Waals surface area (Å²) in [6.45, 7) is 4.98. The number of hydrogen-bond donors (Lipinski definition) is 1. The average Bonchev–Trinajstić information content (AvgIpc) is 3.00. The number of ether oxygens (including phenoxy) is 3. The van der Waals surface area contributed by atoms with E-state index in [2.05, 4.69) is 18.4 Å². The standard InChI is InChI=1S/C35H34O4/c1-2-33(37-25-29-17-9-4-10-18-29)35(39-27-31-21-13-6-14-22-31)34(38-26-30-19-11-5-12-20-30)32(36)24-23-28-15-7-3-8-16-28/h2-22,32-36H,1,25-27H2/t32-,33+,34+,35+/m1/s1. The molecule has 0 heterocycles. The van der Waals surface area contributed by atoms with E-state index in [-0.39, 0.29) is 6.61 Å². The molecule has 0 saturated heterocycles. The van der Waals surface area contributed by atoms with Crippen LogP contribution in [0.4, 0.5) is 0 Å². The minimum Gasteiger partial charge on any atom is -0.377 e. The summed E-state index contributed by atoms with van der Waals surface area (Å²) in [5, 5.41) is 11.4. The Morgan fingerprint density at radius 1 is 0.590 bits per heavy atom. The van der Waals surface area contributed by atoms with Gasteiger partial charge in [0.1, 0.15) is 24.4 Å². The van der Waals surface area contributed by atoms with Crippen molar-refractivity contribution in [3.05, 3.63) is 156 Å². The van der Waals surface area contributed by atoms with Crippen molar-refractivity contribution in [3.63, 3.8) is 0 Å². The molecule has 4 rings (SSSR count). The van der Waals surface area contributed by atoms with Crippen LogP contribution in [0, 0.1) is 11.8 Å². The van der Waals surface area contributed by atoms with Crippen molar-refractivity contribution in [1.29, 1.82) is 0 Å². The summed E-state index contributed by atoms with van der Waals surface area (Å²) < 4.78 is 19.1. The van der Waals surface area contributed by atoms with Crippen LogP contribution >= 0.6 is 0 Å². The highest BCUT2D eigenvalue weighted by atomic mass is 16.6. The van der Waals surface area contributed by atoms with Gasteiger partial charge in [-0.3, -0.25) is 0 Å². The molecule has 0 aliphatic heterocycles. The highest BCUT2D eigenvalue weighted by Gasteiger charge is 2.35. The number of rotatable bonds is 13. The molecule has 4 atom stereocenters. The van der Waals surface area contributed by atoms with Crippen LogP contribution in [-0.4, -0.2) is 29.5 Å². The quantitative estimate of drug-likeness (QED) is 0.166. The first kappa shape index (κ1) is 28.0. The van der Waals surface area contributed by atoms with Gasteiger partial charge in [0.2, 0.25) is 0 Å². The number of aliphatic hydroxyl groups excluding tert-OH is 1. The van der Waals surface area contributed by atoms with Crippen molar-refractivity contribution in [2.24, 2.45) is 0 Å². The summed E-state index contributed by atoms with van der Waals surface area (Å²) in [6, 6.07) is 39.2. The molecule has 4 heteroatoms. The lowest BCUT2D eigenvalue weighted by molar-refractivity contribution is -0.160. The van der Waals surface area contributed by atoms with E-state index in [0.29, 0.717) is 13.2 Å². The predicted octanol–water partition coefficient (Wildman–Crippen LogP) is 6.34. The van der Waals surface area contributed by atoms with E-state index in [9.17, 15) is 5.11 Å². The van der Waals surface area contributed by atoms with Crippen LogP contribution in [0.5, 0.6) is 0 Å². The molecule has 0 fully saturated rings. The summed E-state index contributed by atoms with van der Waals surface area (Å²) in [5.41, 5.74) is 3.81. The SMILES string of the molecule is C=C[C@H](OCc1ccccc1)[C@H](OCc1ccccc1)[C@@H](OCc1ccccc1)[C@H](O)C#Cc1ccccc1. The molecule has 0 unspecified atom stereocenters. The summed E-state index contributed by atoms with van der Waals surface area (Å²) in [5.74, 6) is 6.04. The van der Waals surface area contributed by atoms with Gasteiger partial charge in [-0.2, -0.15) is 0 Å². The molecule has 1 N–H and O–H groups in total. The van der Waals surface area contributed by atoms with Gasteiger partial charge in [-0.15, -0.1) is 6.58 Å². The molecule has 4 nitrogen and oxygen atoms in total. The Hall–Kier alpha value is -3.98. The van der Waals surface area contributed by atoms with Gasteiger partial charge in [0.25, 0.3) is 0 Å². The van der Waals surface area contributed by atoms with Crippen LogP contribution in [-0.2, 0) is 34.0 Å². The van der Waals surface area contributed by atoms with Gasteiger partial charge in [0.15, 0.2) is 0 Å². The Morgan fingerprint density at radius 3 is 1.46 bits per heavy atom. The molecule has 0 aliphatic carbocycles. The van der Waals surface area contributed by atoms with Crippen molar-refractivity contribution in [1.82, 2.24) is 0 Å². The van der Waals surface area contributed by atoms with Crippen molar-refractivity contribution < 1.29 is 19.3 Å². The highest BCUT2D eigenvalue weighted by Crippen LogP contribution is 2.21. The summed E-state index contributed by atoms with van der Waals surface area (Å²) >= 11 is 0. The van der Waals surface area contributed by atoms with Gasteiger partial charge >= 0.3 is 0 Å². The second-order valence-electron chi connectivity index (χ2n) is 9.10. The van der Waals surface area contributed by atoms with E-state index in [1.165, 1.54) is 0 Å². The van der Waals surface area contributed by atoms with Crippen molar-refractivity contribution in [2.75, 3.05) is 0 Å². The van der Waals surface area contributed by atoms with Crippen LogP contribution < -0.4 is 0 Å². The van der Waals surface area contributed by atoms with Crippen molar-refractivity contribution >= 4 is 0 Å². The molecular formula is C35H34O4. The van der Waals surface area contributed by atoms with Crippen LogP contribution in [0.2, 0.25) is 0 Å². The van der Waals surface area contributed by atoms with E-state index in [0.717, 1.165) is 22.3 Å². The molecule has 0 aromatic heterocycles. The Kier molecular flexibility index (Phi) is 11.1. The largest absolute Gasteiger partial charge is 0.377 e. The maximum atomic E-state index is 11.4. The van der Waals surface area contributed by atoms with Crippen molar-refractivity contribution in [2.45, 2.75) is 44.2 Å². The Morgan fingerprint density at radius 2 is 1.00 bits per heavy atom. The fourth-order valence-corrected chi connectivity index (χ4v) is 4.10. The third kappa shape index (κ3) is 9.07. The molecule has 0 spiro atoms. The molecule has 0 saturated carbocycles. The van der Waals surface area contributed by atoms with Crippen LogP contribution in [0.15, 0.2) is 134 Å². The fraction of sp³-hybridized carbons (Fsp3) is 0.200. The minimum absolute atomic E-state index is 0.281. The molecular weight excluding hydrogens is 484 g/mol. The lowest BCUT2D eigenvalue weighted by atomic mass is 10.0. The molecule has 0 amide bonds. The molecule has 0 radical (unpaired) electrons.